The fraction of sp³-hybridized carbons (Fsp3) is 0.167. The highest BCUT2D eigenvalue weighted by atomic mass is 19.1. The number of aryl methyl sites for hydroxylation is 2. The third kappa shape index (κ3) is 2.37. The number of fused-ring (bicyclic) bond motifs is 1. The van der Waals surface area contributed by atoms with E-state index in [0.717, 1.165) is 16.6 Å². The molecule has 0 saturated carbocycles. The first-order valence-corrected chi connectivity index (χ1v) is 7.04. The number of halogens is 1. The first-order chi connectivity index (χ1) is 10.5. The lowest BCUT2D eigenvalue weighted by atomic mass is 10.1. The first kappa shape index (κ1) is 14.3. The summed E-state index contributed by atoms with van der Waals surface area (Å²) in [5.74, 6) is -1.36. The summed E-state index contributed by atoms with van der Waals surface area (Å²) < 4.78 is 15.2. The predicted octanol–water partition coefficient (Wildman–Crippen LogP) is 4.14. The Morgan fingerprint density at radius 2 is 1.82 bits per heavy atom. The minimum atomic E-state index is -0.999. The number of carboxylic acids is 1. The molecule has 0 fully saturated rings. The summed E-state index contributed by atoms with van der Waals surface area (Å²) in [5.41, 5.74) is 3.69. The van der Waals surface area contributed by atoms with Crippen LogP contribution in [0.15, 0.2) is 42.5 Å². The van der Waals surface area contributed by atoms with Crippen molar-refractivity contribution in [2.45, 2.75) is 20.4 Å². The van der Waals surface area contributed by atoms with Crippen molar-refractivity contribution < 1.29 is 14.3 Å². The fourth-order valence-corrected chi connectivity index (χ4v) is 2.81. The van der Waals surface area contributed by atoms with Crippen LogP contribution < -0.4 is 0 Å². The average molecular weight is 297 g/mol. The summed E-state index contributed by atoms with van der Waals surface area (Å²) >= 11 is 0. The largest absolute Gasteiger partial charge is 0.477 e. The second-order valence-electron chi connectivity index (χ2n) is 5.51. The van der Waals surface area contributed by atoms with Crippen LogP contribution in [0.2, 0.25) is 0 Å². The molecule has 1 aromatic heterocycles. The second-order valence-corrected chi connectivity index (χ2v) is 5.51. The predicted molar refractivity (Wildman–Crippen MR) is 83.9 cm³/mol. The third-order valence-corrected chi connectivity index (χ3v) is 3.94. The molecule has 0 unspecified atom stereocenters. The molecule has 0 spiro atoms. The molecule has 0 aliphatic rings. The molecule has 1 N–H and O–H groups in total. The molecule has 0 radical (unpaired) electrons. The van der Waals surface area contributed by atoms with Crippen molar-refractivity contribution in [3.05, 3.63) is 70.7 Å². The van der Waals surface area contributed by atoms with Crippen molar-refractivity contribution >= 4 is 16.9 Å². The van der Waals surface area contributed by atoms with Crippen LogP contribution in [-0.2, 0) is 6.54 Å². The average Bonchev–Trinajstić information content (AvgIpc) is 2.74. The molecule has 22 heavy (non-hydrogen) atoms. The van der Waals surface area contributed by atoms with Crippen molar-refractivity contribution in [3.63, 3.8) is 0 Å². The van der Waals surface area contributed by atoms with Gasteiger partial charge < -0.3 is 9.67 Å². The monoisotopic (exact) mass is 297 g/mol. The van der Waals surface area contributed by atoms with E-state index >= 15 is 0 Å². The van der Waals surface area contributed by atoms with E-state index in [1.54, 1.807) is 17.6 Å². The number of nitrogens with zero attached hydrogens (tertiary/aromatic N) is 1. The summed E-state index contributed by atoms with van der Waals surface area (Å²) in [6.45, 7) is 4.17. The van der Waals surface area contributed by atoms with Crippen LogP contribution in [0.25, 0.3) is 10.9 Å². The van der Waals surface area contributed by atoms with E-state index in [0.29, 0.717) is 17.5 Å². The molecule has 0 saturated heterocycles. The number of rotatable bonds is 3. The van der Waals surface area contributed by atoms with Gasteiger partial charge in [-0.2, -0.15) is 0 Å². The zero-order valence-electron chi connectivity index (χ0n) is 12.4. The zero-order chi connectivity index (χ0) is 15.9. The van der Waals surface area contributed by atoms with Crippen LogP contribution >= 0.6 is 0 Å². The maximum Gasteiger partial charge on any atom is 0.352 e. The Morgan fingerprint density at radius 3 is 2.45 bits per heavy atom. The molecule has 0 bridgehead atoms. The molecule has 2 aromatic carbocycles. The van der Waals surface area contributed by atoms with E-state index < -0.39 is 5.97 Å². The Bertz CT molecular complexity index is 863. The first-order valence-electron chi connectivity index (χ1n) is 7.04. The van der Waals surface area contributed by atoms with Crippen LogP contribution in [0.5, 0.6) is 0 Å². The summed E-state index contributed by atoms with van der Waals surface area (Å²) in [6, 6.07) is 12.3. The lowest BCUT2D eigenvalue weighted by Gasteiger charge is -2.09. The van der Waals surface area contributed by atoms with Crippen LogP contribution in [0, 0.1) is 19.7 Å². The quantitative estimate of drug-likeness (QED) is 0.789. The summed E-state index contributed by atoms with van der Waals surface area (Å²) in [7, 11) is 0. The summed E-state index contributed by atoms with van der Waals surface area (Å²) in [4.78, 5) is 11.6. The number of aromatic carboxylic acids is 1. The van der Waals surface area contributed by atoms with Crippen molar-refractivity contribution in [3.8, 4) is 0 Å². The van der Waals surface area contributed by atoms with Gasteiger partial charge in [-0.05, 0) is 43.2 Å². The van der Waals surface area contributed by atoms with Crippen molar-refractivity contribution in [1.29, 1.82) is 0 Å². The molecule has 112 valence electrons. The van der Waals surface area contributed by atoms with Gasteiger partial charge in [0.15, 0.2) is 0 Å². The standard InChI is InChI=1S/C18H16FNO2/c1-11-3-5-13(6-4-11)10-20-16-8-7-14(19)9-15(16)12(2)17(20)18(21)22/h3-9H,10H2,1-2H3,(H,21,22). The van der Waals surface area contributed by atoms with Crippen LogP contribution in [0.3, 0.4) is 0 Å². The van der Waals surface area contributed by atoms with E-state index in [-0.39, 0.29) is 11.5 Å². The lowest BCUT2D eigenvalue weighted by Crippen LogP contribution is -2.10. The van der Waals surface area contributed by atoms with Gasteiger partial charge >= 0.3 is 5.97 Å². The van der Waals surface area contributed by atoms with Crippen molar-refractivity contribution in [1.82, 2.24) is 4.57 Å². The van der Waals surface area contributed by atoms with Gasteiger partial charge in [-0.1, -0.05) is 29.8 Å². The zero-order valence-corrected chi connectivity index (χ0v) is 12.4. The van der Waals surface area contributed by atoms with E-state index in [1.165, 1.54) is 12.1 Å². The Labute approximate surface area is 127 Å². The minimum Gasteiger partial charge on any atom is -0.477 e. The number of carboxylic acid groups (broad SMARTS) is 1. The maximum atomic E-state index is 13.5. The van der Waals surface area contributed by atoms with E-state index in [4.69, 9.17) is 0 Å². The molecule has 0 amide bonds. The van der Waals surface area contributed by atoms with E-state index in [9.17, 15) is 14.3 Å². The Kier molecular flexibility index (Phi) is 3.45. The second kappa shape index (κ2) is 5.30. The molecule has 0 aliphatic carbocycles. The topological polar surface area (TPSA) is 42.2 Å². The number of benzene rings is 2. The van der Waals surface area contributed by atoms with E-state index in [2.05, 4.69) is 0 Å². The molecule has 0 atom stereocenters. The van der Waals surface area contributed by atoms with Crippen molar-refractivity contribution in [2.75, 3.05) is 0 Å². The molecule has 3 nitrogen and oxygen atoms in total. The van der Waals surface area contributed by atoms with Gasteiger partial charge in [-0.15, -0.1) is 0 Å². The SMILES string of the molecule is Cc1ccc(Cn2c(C(=O)O)c(C)c3cc(F)ccc32)cc1. The lowest BCUT2D eigenvalue weighted by molar-refractivity contribution is 0.0685. The highest BCUT2D eigenvalue weighted by Crippen LogP contribution is 2.27. The van der Waals surface area contributed by atoms with Crippen molar-refractivity contribution in [2.24, 2.45) is 0 Å². The normalized spacial score (nSPS) is 11.0. The smallest absolute Gasteiger partial charge is 0.352 e. The molecule has 3 rings (SSSR count). The Hall–Kier alpha value is -2.62. The van der Waals surface area contributed by atoms with Gasteiger partial charge in [0.25, 0.3) is 0 Å². The van der Waals surface area contributed by atoms with Crippen LogP contribution in [0.1, 0.15) is 27.2 Å². The molecule has 1 heterocycles. The summed E-state index contributed by atoms with van der Waals surface area (Å²) in [5, 5.41) is 10.2. The van der Waals surface area contributed by atoms with Crippen LogP contribution in [-0.4, -0.2) is 15.6 Å². The molecule has 0 aliphatic heterocycles. The van der Waals surface area contributed by atoms with Gasteiger partial charge in [-0.25, -0.2) is 9.18 Å². The number of carbonyl (C=O) groups is 1. The van der Waals surface area contributed by atoms with Gasteiger partial charge in [0.05, 0.1) is 0 Å². The van der Waals surface area contributed by atoms with E-state index in [1.807, 2.05) is 31.2 Å². The molecule has 3 aromatic rings. The highest BCUT2D eigenvalue weighted by molar-refractivity contribution is 5.98. The molecule has 4 heteroatoms. The maximum absolute atomic E-state index is 13.5. The van der Waals surface area contributed by atoms with Gasteiger partial charge in [0.1, 0.15) is 11.5 Å². The van der Waals surface area contributed by atoms with Gasteiger partial charge in [-0.3, -0.25) is 0 Å². The number of aromatic nitrogens is 1. The van der Waals surface area contributed by atoms with Crippen LogP contribution in [0.4, 0.5) is 4.39 Å². The third-order valence-electron chi connectivity index (χ3n) is 3.94. The summed E-state index contributed by atoms with van der Waals surface area (Å²) in [6.07, 6.45) is 0. The fourth-order valence-electron chi connectivity index (χ4n) is 2.81. The van der Waals surface area contributed by atoms with Gasteiger partial charge in [0.2, 0.25) is 0 Å². The van der Waals surface area contributed by atoms with Gasteiger partial charge in [0, 0.05) is 17.4 Å². The highest BCUT2D eigenvalue weighted by Gasteiger charge is 2.20. The Balaban J connectivity index is 2.20. The number of hydrogen-bond acceptors (Lipinski definition) is 1. The Morgan fingerprint density at radius 1 is 1.14 bits per heavy atom. The number of hydrogen-bond donors (Lipinski definition) is 1. The molecular weight excluding hydrogens is 281 g/mol. The molecular formula is C18H16FNO2. The minimum absolute atomic E-state index is 0.209.